The second-order valence-electron chi connectivity index (χ2n) is 5.57. The lowest BCUT2D eigenvalue weighted by Crippen LogP contribution is -2.36. The zero-order valence-corrected chi connectivity index (χ0v) is 12.3. The number of carbonyl (C=O) groups excluding carboxylic acids is 1. The molecule has 4 nitrogen and oxygen atoms in total. The first-order valence-corrected chi connectivity index (χ1v) is 6.98. The molecule has 2 rings (SSSR count). The highest BCUT2D eigenvalue weighted by Crippen LogP contribution is 2.19. The van der Waals surface area contributed by atoms with Crippen molar-refractivity contribution in [3.8, 4) is 0 Å². The van der Waals surface area contributed by atoms with Gasteiger partial charge in [-0.1, -0.05) is 32.0 Å². The van der Waals surface area contributed by atoms with E-state index in [1.54, 1.807) is 0 Å². The molecule has 1 aromatic heterocycles. The minimum atomic E-state index is -0.498. The van der Waals surface area contributed by atoms with Crippen LogP contribution in [0.3, 0.4) is 0 Å². The van der Waals surface area contributed by atoms with Crippen LogP contribution in [0.1, 0.15) is 19.4 Å². The molecule has 4 heteroatoms. The molecule has 20 heavy (non-hydrogen) atoms. The summed E-state index contributed by atoms with van der Waals surface area (Å²) in [6, 6.07) is 8.04. The number of hydrogen-bond acceptors (Lipinski definition) is 2. The molecule has 1 atom stereocenters. The highest BCUT2D eigenvalue weighted by atomic mass is 16.3. The number of para-hydroxylation sites is 1. The second-order valence-corrected chi connectivity index (χ2v) is 5.57. The van der Waals surface area contributed by atoms with Gasteiger partial charge in [0.05, 0.1) is 6.10 Å². The Bertz CT molecular complexity index is 602. The van der Waals surface area contributed by atoms with Gasteiger partial charge in [0.1, 0.15) is 6.54 Å². The molecule has 1 unspecified atom stereocenters. The summed E-state index contributed by atoms with van der Waals surface area (Å²) in [6.07, 6.45) is 1.49. The number of rotatable bonds is 5. The molecule has 0 saturated carbocycles. The van der Waals surface area contributed by atoms with Gasteiger partial charge in [-0.05, 0) is 24.5 Å². The van der Waals surface area contributed by atoms with Crippen LogP contribution < -0.4 is 5.32 Å². The Morgan fingerprint density at radius 1 is 1.35 bits per heavy atom. The van der Waals surface area contributed by atoms with E-state index < -0.39 is 6.10 Å². The monoisotopic (exact) mass is 274 g/mol. The average Bonchev–Trinajstić information content (AvgIpc) is 2.73. The third kappa shape index (κ3) is 3.20. The van der Waals surface area contributed by atoms with E-state index in [9.17, 15) is 9.90 Å². The minimum Gasteiger partial charge on any atom is -0.391 e. The van der Waals surface area contributed by atoms with E-state index in [1.165, 1.54) is 5.39 Å². The standard InChI is InChI=1S/C16H22N2O2/c1-11(2)15(19)8-17-16(20)10-18-9-12(3)13-6-4-5-7-14(13)18/h4-7,9,11,15,19H,8,10H2,1-3H3,(H,17,20). The van der Waals surface area contributed by atoms with Crippen LogP contribution in [0.4, 0.5) is 0 Å². The van der Waals surface area contributed by atoms with Crippen molar-refractivity contribution < 1.29 is 9.90 Å². The van der Waals surface area contributed by atoms with Crippen molar-refractivity contribution in [2.75, 3.05) is 6.54 Å². The van der Waals surface area contributed by atoms with Crippen LogP contribution in [-0.4, -0.2) is 28.2 Å². The molecular formula is C16H22N2O2. The third-order valence-electron chi connectivity index (χ3n) is 3.58. The predicted octanol–water partition coefficient (Wildman–Crippen LogP) is 2.08. The molecule has 0 saturated heterocycles. The fourth-order valence-corrected chi connectivity index (χ4v) is 2.23. The van der Waals surface area contributed by atoms with Crippen LogP contribution >= 0.6 is 0 Å². The van der Waals surface area contributed by atoms with Crippen molar-refractivity contribution in [2.24, 2.45) is 5.92 Å². The van der Waals surface area contributed by atoms with Crippen molar-refractivity contribution in [1.82, 2.24) is 9.88 Å². The maximum absolute atomic E-state index is 11.9. The van der Waals surface area contributed by atoms with Gasteiger partial charge in [-0.2, -0.15) is 0 Å². The highest BCUT2D eigenvalue weighted by molar-refractivity contribution is 5.85. The Kier molecular flexibility index (Phi) is 4.45. The summed E-state index contributed by atoms with van der Waals surface area (Å²) in [5.74, 6) is 0.0652. The van der Waals surface area contributed by atoms with E-state index >= 15 is 0 Å². The van der Waals surface area contributed by atoms with Crippen molar-refractivity contribution in [1.29, 1.82) is 0 Å². The Balaban J connectivity index is 2.03. The molecule has 0 aliphatic carbocycles. The van der Waals surface area contributed by atoms with Gasteiger partial charge >= 0.3 is 0 Å². The molecule has 0 bridgehead atoms. The molecule has 0 fully saturated rings. The predicted molar refractivity (Wildman–Crippen MR) is 80.5 cm³/mol. The molecular weight excluding hydrogens is 252 g/mol. The smallest absolute Gasteiger partial charge is 0.240 e. The molecule has 1 aromatic carbocycles. The number of aliphatic hydroxyl groups excluding tert-OH is 1. The molecule has 1 amide bonds. The van der Waals surface area contributed by atoms with Crippen molar-refractivity contribution >= 4 is 16.8 Å². The molecule has 108 valence electrons. The fourth-order valence-electron chi connectivity index (χ4n) is 2.23. The number of fused-ring (bicyclic) bond motifs is 1. The molecule has 0 spiro atoms. The number of aliphatic hydroxyl groups is 1. The molecule has 2 aromatic rings. The third-order valence-corrected chi connectivity index (χ3v) is 3.58. The van der Waals surface area contributed by atoms with E-state index in [-0.39, 0.29) is 18.4 Å². The SMILES string of the molecule is Cc1cn(CC(=O)NCC(O)C(C)C)c2ccccc12. The summed E-state index contributed by atoms with van der Waals surface area (Å²) in [5, 5.41) is 13.6. The fraction of sp³-hybridized carbons (Fsp3) is 0.438. The summed E-state index contributed by atoms with van der Waals surface area (Å²) in [5.41, 5.74) is 2.22. The molecule has 0 radical (unpaired) electrons. The second kappa shape index (κ2) is 6.09. The minimum absolute atomic E-state index is 0.0783. The quantitative estimate of drug-likeness (QED) is 0.877. The van der Waals surface area contributed by atoms with Gasteiger partial charge in [0, 0.05) is 23.6 Å². The highest BCUT2D eigenvalue weighted by Gasteiger charge is 2.12. The number of nitrogens with one attached hydrogen (secondary N) is 1. The van der Waals surface area contributed by atoms with Gasteiger partial charge in [0.25, 0.3) is 0 Å². The van der Waals surface area contributed by atoms with E-state index in [0.717, 1.165) is 11.1 Å². The van der Waals surface area contributed by atoms with E-state index in [2.05, 4.69) is 11.4 Å². The Labute approximate surface area is 119 Å². The lowest BCUT2D eigenvalue weighted by atomic mass is 10.1. The normalized spacial score (nSPS) is 12.8. The first kappa shape index (κ1) is 14.6. The topological polar surface area (TPSA) is 54.3 Å². The Hall–Kier alpha value is -1.81. The molecule has 0 aliphatic rings. The van der Waals surface area contributed by atoms with Crippen LogP contribution in [0.15, 0.2) is 30.5 Å². The lowest BCUT2D eigenvalue weighted by Gasteiger charge is -2.15. The van der Waals surface area contributed by atoms with Crippen LogP contribution in [0.5, 0.6) is 0 Å². The van der Waals surface area contributed by atoms with Gasteiger partial charge in [0.15, 0.2) is 0 Å². The van der Waals surface area contributed by atoms with Crippen LogP contribution in [0, 0.1) is 12.8 Å². The number of aryl methyl sites for hydroxylation is 1. The van der Waals surface area contributed by atoms with E-state index in [4.69, 9.17) is 0 Å². The molecule has 0 aliphatic heterocycles. The van der Waals surface area contributed by atoms with E-state index in [1.807, 2.05) is 49.7 Å². The van der Waals surface area contributed by atoms with Crippen molar-refractivity contribution in [2.45, 2.75) is 33.4 Å². The zero-order chi connectivity index (χ0) is 14.7. The van der Waals surface area contributed by atoms with Gasteiger partial charge in [-0.15, -0.1) is 0 Å². The number of benzene rings is 1. The van der Waals surface area contributed by atoms with Gasteiger partial charge in [-0.3, -0.25) is 4.79 Å². The number of aromatic nitrogens is 1. The summed E-state index contributed by atoms with van der Waals surface area (Å²) < 4.78 is 1.95. The van der Waals surface area contributed by atoms with Crippen molar-refractivity contribution in [3.63, 3.8) is 0 Å². The summed E-state index contributed by atoms with van der Waals surface area (Å²) >= 11 is 0. The largest absolute Gasteiger partial charge is 0.391 e. The first-order valence-electron chi connectivity index (χ1n) is 6.98. The first-order chi connectivity index (χ1) is 9.49. The number of amides is 1. The summed E-state index contributed by atoms with van der Waals surface area (Å²) in [7, 11) is 0. The Morgan fingerprint density at radius 2 is 2.05 bits per heavy atom. The van der Waals surface area contributed by atoms with Crippen LogP contribution in [0.25, 0.3) is 10.9 Å². The Morgan fingerprint density at radius 3 is 2.75 bits per heavy atom. The molecule has 1 heterocycles. The van der Waals surface area contributed by atoms with Gasteiger partial charge < -0.3 is 15.0 Å². The van der Waals surface area contributed by atoms with Gasteiger partial charge in [0.2, 0.25) is 5.91 Å². The lowest BCUT2D eigenvalue weighted by molar-refractivity contribution is -0.122. The maximum Gasteiger partial charge on any atom is 0.240 e. The van der Waals surface area contributed by atoms with Crippen LogP contribution in [0.2, 0.25) is 0 Å². The zero-order valence-electron chi connectivity index (χ0n) is 12.3. The maximum atomic E-state index is 11.9. The number of nitrogens with zero attached hydrogens (tertiary/aromatic N) is 1. The average molecular weight is 274 g/mol. The number of hydrogen-bond donors (Lipinski definition) is 2. The van der Waals surface area contributed by atoms with E-state index in [0.29, 0.717) is 6.54 Å². The van der Waals surface area contributed by atoms with Gasteiger partial charge in [-0.25, -0.2) is 0 Å². The molecule has 2 N–H and O–H groups in total. The van der Waals surface area contributed by atoms with Crippen LogP contribution in [-0.2, 0) is 11.3 Å². The summed E-state index contributed by atoms with van der Waals surface area (Å²) in [6.45, 7) is 6.48. The number of carbonyl (C=O) groups is 1. The summed E-state index contributed by atoms with van der Waals surface area (Å²) in [4.78, 5) is 11.9. The van der Waals surface area contributed by atoms with Crippen molar-refractivity contribution in [3.05, 3.63) is 36.0 Å².